The molecule has 1 aliphatic rings. The summed E-state index contributed by atoms with van der Waals surface area (Å²) in [5.74, 6) is -0.411. The molecule has 120 valence electrons. The first kappa shape index (κ1) is 16.4. The molecule has 1 fully saturated rings. The summed E-state index contributed by atoms with van der Waals surface area (Å²) >= 11 is 5.76. The monoisotopic (exact) mass is 325 g/mol. The lowest BCUT2D eigenvalue weighted by Crippen LogP contribution is -2.49. The normalized spacial score (nSPS) is 17.6. The zero-order chi connectivity index (χ0) is 16.3. The number of nitrogens with one attached hydrogen (secondary N) is 2. The Morgan fingerprint density at radius 1 is 1.41 bits per heavy atom. The zero-order valence-corrected chi connectivity index (χ0v) is 13.4. The standard InChI is InChI=1S/C15H20ClN3O3/c1-9(2)17-15(22)19-7-3-4-12(19)14(21)18-11-6-5-10(16)8-13(11)20/h5-6,8-9,12,20H,3-4,7H2,1-2H3,(H,17,22)(H,18,21)/t12-/m0/s1. The molecule has 1 heterocycles. The second-order valence-electron chi connectivity index (χ2n) is 5.61. The van der Waals surface area contributed by atoms with Crippen LogP contribution < -0.4 is 10.6 Å². The average Bonchev–Trinajstić information content (AvgIpc) is 2.90. The van der Waals surface area contributed by atoms with E-state index < -0.39 is 6.04 Å². The summed E-state index contributed by atoms with van der Waals surface area (Å²) in [6, 6.07) is 3.70. The van der Waals surface area contributed by atoms with Crippen LogP contribution >= 0.6 is 11.6 Å². The van der Waals surface area contributed by atoms with Gasteiger partial charge in [-0.2, -0.15) is 0 Å². The van der Waals surface area contributed by atoms with Gasteiger partial charge < -0.3 is 20.6 Å². The van der Waals surface area contributed by atoms with Gasteiger partial charge >= 0.3 is 6.03 Å². The summed E-state index contributed by atoms with van der Waals surface area (Å²) in [7, 11) is 0. The van der Waals surface area contributed by atoms with Crippen LogP contribution in [0.1, 0.15) is 26.7 Å². The number of carbonyl (C=O) groups is 2. The summed E-state index contributed by atoms with van der Waals surface area (Å²) in [6.45, 7) is 4.28. The molecule has 0 aromatic heterocycles. The third-order valence-electron chi connectivity index (χ3n) is 3.45. The predicted molar refractivity (Wildman–Crippen MR) is 85.1 cm³/mol. The van der Waals surface area contributed by atoms with Crippen LogP contribution in [-0.4, -0.2) is 40.6 Å². The number of anilines is 1. The number of hydrogen-bond donors (Lipinski definition) is 3. The molecule has 22 heavy (non-hydrogen) atoms. The molecule has 0 unspecified atom stereocenters. The van der Waals surface area contributed by atoms with Gasteiger partial charge in [0, 0.05) is 23.7 Å². The number of phenols is 1. The van der Waals surface area contributed by atoms with Gasteiger partial charge in [0.15, 0.2) is 0 Å². The van der Waals surface area contributed by atoms with Crippen molar-refractivity contribution in [1.29, 1.82) is 0 Å². The number of urea groups is 1. The summed E-state index contributed by atoms with van der Waals surface area (Å²) in [4.78, 5) is 26.0. The summed E-state index contributed by atoms with van der Waals surface area (Å²) in [5, 5.41) is 15.6. The Labute approximate surface area is 134 Å². The Hall–Kier alpha value is -1.95. The second kappa shape index (κ2) is 6.87. The van der Waals surface area contributed by atoms with Crippen LogP contribution in [0.2, 0.25) is 5.02 Å². The number of aromatic hydroxyl groups is 1. The van der Waals surface area contributed by atoms with Gasteiger partial charge in [-0.15, -0.1) is 0 Å². The van der Waals surface area contributed by atoms with Gasteiger partial charge in [0.05, 0.1) is 5.69 Å². The van der Waals surface area contributed by atoms with Crippen molar-refractivity contribution in [1.82, 2.24) is 10.2 Å². The van der Waals surface area contributed by atoms with E-state index in [0.717, 1.165) is 6.42 Å². The van der Waals surface area contributed by atoms with E-state index in [1.807, 2.05) is 13.8 Å². The van der Waals surface area contributed by atoms with Crippen LogP contribution in [0.4, 0.5) is 10.5 Å². The first-order valence-electron chi connectivity index (χ1n) is 7.25. The number of phenolic OH excluding ortho intramolecular Hbond substituents is 1. The molecule has 2 rings (SSSR count). The highest BCUT2D eigenvalue weighted by Gasteiger charge is 2.34. The Morgan fingerprint density at radius 2 is 2.14 bits per heavy atom. The van der Waals surface area contributed by atoms with Crippen LogP contribution in [0.3, 0.4) is 0 Å². The van der Waals surface area contributed by atoms with Crippen LogP contribution in [0.5, 0.6) is 5.75 Å². The van der Waals surface area contributed by atoms with E-state index in [0.29, 0.717) is 18.0 Å². The maximum Gasteiger partial charge on any atom is 0.318 e. The number of rotatable bonds is 3. The Bertz CT molecular complexity index is 577. The smallest absolute Gasteiger partial charge is 0.318 e. The molecule has 1 aromatic carbocycles. The topological polar surface area (TPSA) is 81.7 Å². The lowest BCUT2D eigenvalue weighted by molar-refractivity contribution is -0.119. The molecule has 0 bridgehead atoms. The Balaban J connectivity index is 2.06. The first-order chi connectivity index (χ1) is 10.4. The van der Waals surface area contributed by atoms with E-state index in [9.17, 15) is 14.7 Å². The van der Waals surface area contributed by atoms with Crippen molar-refractivity contribution in [2.45, 2.75) is 38.8 Å². The molecule has 0 radical (unpaired) electrons. The van der Waals surface area contributed by atoms with E-state index in [4.69, 9.17) is 11.6 Å². The number of hydrogen-bond acceptors (Lipinski definition) is 3. The minimum absolute atomic E-state index is 0.0112. The van der Waals surface area contributed by atoms with Gasteiger partial charge in [0.25, 0.3) is 0 Å². The van der Waals surface area contributed by atoms with Crippen molar-refractivity contribution in [2.75, 3.05) is 11.9 Å². The lowest BCUT2D eigenvalue weighted by atomic mass is 10.2. The molecule has 1 saturated heterocycles. The minimum Gasteiger partial charge on any atom is -0.506 e. The third-order valence-corrected chi connectivity index (χ3v) is 3.68. The van der Waals surface area contributed by atoms with Crippen LogP contribution in [0.15, 0.2) is 18.2 Å². The Morgan fingerprint density at radius 3 is 2.77 bits per heavy atom. The van der Waals surface area contributed by atoms with Crippen molar-refractivity contribution in [3.05, 3.63) is 23.2 Å². The van der Waals surface area contributed by atoms with E-state index in [-0.39, 0.29) is 29.4 Å². The SMILES string of the molecule is CC(C)NC(=O)N1CCC[C@H]1C(=O)Nc1ccc(Cl)cc1O. The maximum atomic E-state index is 12.4. The summed E-state index contributed by atoms with van der Waals surface area (Å²) in [6.07, 6.45) is 1.38. The van der Waals surface area contributed by atoms with Gasteiger partial charge in [-0.25, -0.2) is 4.79 Å². The van der Waals surface area contributed by atoms with Crippen molar-refractivity contribution in [2.24, 2.45) is 0 Å². The fraction of sp³-hybridized carbons (Fsp3) is 0.467. The van der Waals surface area contributed by atoms with Gasteiger partial charge in [0.1, 0.15) is 11.8 Å². The summed E-state index contributed by atoms with van der Waals surface area (Å²) in [5.41, 5.74) is 0.283. The number of carbonyl (C=O) groups excluding carboxylic acids is 2. The fourth-order valence-electron chi connectivity index (χ4n) is 2.44. The highest BCUT2D eigenvalue weighted by Crippen LogP contribution is 2.28. The molecule has 1 atom stereocenters. The lowest BCUT2D eigenvalue weighted by Gasteiger charge is -2.25. The van der Waals surface area contributed by atoms with E-state index >= 15 is 0 Å². The van der Waals surface area contributed by atoms with Gasteiger partial charge in [0.2, 0.25) is 5.91 Å². The van der Waals surface area contributed by atoms with Crippen molar-refractivity contribution < 1.29 is 14.7 Å². The molecule has 3 N–H and O–H groups in total. The molecule has 3 amide bonds. The van der Waals surface area contributed by atoms with E-state index in [1.165, 1.54) is 17.0 Å². The molecule has 1 aliphatic heterocycles. The highest BCUT2D eigenvalue weighted by atomic mass is 35.5. The maximum absolute atomic E-state index is 12.4. The fourth-order valence-corrected chi connectivity index (χ4v) is 2.61. The molecule has 0 saturated carbocycles. The highest BCUT2D eigenvalue weighted by molar-refractivity contribution is 6.30. The van der Waals surface area contributed by atoms with Crippen molar-refractivity contribution in [3.63, 3.8) is 0 Å². The molecule has 0 aliphatic carbocycles. The van der Waals surface area contributed by atoms with Crippen molar-refractivity contribution >= 4 is 29.2 Å². The van der Waals surface area contributed by atoms with Gasteiger partial charge in [-0.05, 0) is 38.8 Å². The predicted octanol–water partition coefficient (Wildman–Crippen LogP) is 2.57. The minimum atomic E-state index is -0.533. The van der Waals surface area contributed by atoms with Crippen LogP contribution in [0.25, 0.3) is 0 Å². The van der Waals surface area contributed by atoms with E-state index in [2.05, 4.69) is 10.6 Å². The molecular formula is C15H20ClN3O3. The zero-order valence-electron chi connectivity index (χ0n) is 12.6. The summed E-state index contributed by atoms with van der Waals surface area (Å²) < 4.78 is 0. The van der Waals surface area contributed by atoms with Gasteiger partial charge in [-0.1, -0.05) is 11.6 Å². The average molecular weight is 326 g/mol. The van der Waals surface area contributed by atoms with E-state index in [1.54, 1.807) is 6.07 Å². The van der Waals surface area contributed by atoms with Crippen LogP contribution in [-0.2, 0) is 4.79 Å². The third kappa shape index (κ3) is 3.82. The van der Waals surface area contributed by atoms with Gasteiger partial charge in [-0.3, -0.25) is 4.79 Å². The number of nitrogens with zero attached hydrogens (tertiary/aromatic N) is 1. The number of likely N-dealkylation sites (tertiary alicyclic amines) is 1. The van der Waals surface area contributed by atoms with Crippen LogP contribution in [0, 0.1) is 0 Å². The molecular weight excluding hydrogens is 306 g/mol. The quantitative estimate of drug-likeness (QED) is 0.747. The largest absolute Gasteiger partial charge is 0.506 e. The number of halogens is 1. The molecule has 0 spiro atoms. The number of benzene rings is 1. The Kier molecular flexibility index (Phi) is 5.13. The molecule has 6 nitrogen and oxygen atoms in total. The molecule has 1 aromatic rings. The molecule has 7 heteroatoms. The number of amides is 3. The second-order valence-corrected chi connectivity index (χ2v) is 6.04. The first-order valence-corrected chi connectivity index (χ1v) is 7.63. The van der Waals surface area contributed by atoms with Crippen molar-refractivity contribution in [3.8, 4) is 5.75 Å².